The molecule has 0 atom stereocenters. The van der Waals surface area contributed by atoms with E-state index in [-0.39, 0.29) is 12.1 Å². The summed E-state index contributed by atoms with van der Waals surface area (Å²) in [5.74, 6) is -0.434. The summed E-state index contributed by atoms with van der Waals surface area (Å²) in [6, 6.07) is 4.85. The Morgan fingerprint density at radius 2 is 1.96 bits per heavy atom. The zero-order chi connectivity index (χ0) is 19.0. The molecule has 0 aliphatic heterocycles. The fourth-order valence-corrected chi connectivity index (χ4v) is 1.95. The van der Waals surface area contributed by atoms with E-state index in [2.05, 4.69) is 5.32 Å². The molecule has 1 amide bonds. The molecule has 6 heteroatoms. The Morgan fingerprint density at radius 3 is 2.52 bits per heavy atom. The number of carbonyl (C=O) groups excluding carboxylic acids is 1. The number of hydrogen-bond acceptors (Lipinski definition) is 2. The molecule has 0 aliphatic rings. The zero-order valence-corrected chi connectivity index (χ0v) is 14.6. The van der Waals surface area contributed by atoms with Gasteiger partial charge in [-0.25, -0.2) is 0 Å². The molecule has 0 unspecified atom stereocenters. The second-order valence-electron chi connectivity index (χ2n) is 5.70. The van der Waals surface area contributed by atoms with Crippen LogP contribution in [0.4, 0.5) is 13.2 Å². The van der Waals surface area contributed by atoms with Crippen molar-refractivity contribution < 1.29 is 18.0 Å². The number of carbonyl (C=O) groups is 1. The number of nitrogens with one attached hydrogen (secondary N) is 1. The van der Waals surface area contributed by atoms with Crippen molar-refractivity contribution in [2.24, 2.45) is 5.73 Å². The highest BCUT2D eigenvalue weighted by Gasteiger charge is 2.30. The van der Waals surface area contributed by atoms with Crippen LogP contribution in [0.1, 0.15) is 38.3 Å². The van der Waals surface area contributed by atoms with Crippen molar-refractivity contribution in [3.63, 3.8) is 0 Å². The number of alkyl halides is 3. The third kappa shape index (κ3) is 6.87. The van der Waals surface area contributed by atoms with Crippen LogP contribution in [0.3, 0.4) is 0 Å². The predicted molar refractivity (Wildman–Crippen MR) is 93.4 cm³/mol. The fourth-order valence-electron chi connectivity index (χ4n) is 1.95. The van der Waals surface area contributed by atoms with Crippen LogP contribution >= 0.6 is 0 Å². The van der Waals surface area contributed by atoms with Gasteiger partial charge in [0.1, 0.15) is 0 Å². The number of hydrogen-bond donors (Lipinski definition) is 2. The molecule has 0 aromatic heterocycles. The van der Waals surface area contributed by atoms with Gasteiger partial charge in [0.15, 0.2) is 0 Å². The number of nitrogens with two attached hydrogens (primary N) is 1. The molecule has 0 aliphatic carbocycles. The smallest absolute Gasteiger partial charge is 0.402 e. The first-order chi connectivity index (χ1) is 11.6. The number of amides is 1. The summed E-state index contributed by atoms with van der Waals surface area (Å²) < 4.78 is 38.1. The van der Waals surface area contributed by atoms with E-state index in [0.717, 1.165) is 24.1 Å². The molecule has 25 heavy (non-hydrogen) atoms. The molecular formula is C19H23F3N2O. The molecule has 3 N–H and O–H groups in total. The lowest BCUT2D eigenvalue weighted by Crippen LogP contribution is -2.25. The van der Waals surface area contributed by atoms with Gasteiger partial charge >= 0.3 is 6.18 Å². The molecule has 0 fully saturated rings. The molecule has 136 valence electrons. The first-order valence-corrected chi connectivity index (χ1v) is 7.89. The van der Waals surface area contributed by atoms with Crippen molar-refractivity contribution >= 4 is 5.91 Å². The molecular weight excluding hydrogens is 329 g/mol. The highest BCUT2D eigenvalue weighted by atomic mass is 19.4. The van der Waals surface area contributed by atoms with Gasteiger partial charge in [0, 0.05) is 12.2 Å². The summed E-state index contributed by atoms with van der Waals surface area (Å²) in [5, 5.41) is 2.60. The second kappa shape index (κ2) is 9.11. The standard InChI is InChI=1S/C19H23F3N2O/c1-4-13(2)7-5-10-17(14(3)23)18(25)24-12-15-8-6-9-16(11-15)19(20,21)22/h5-11H,4,12,23H2,1-3H3,(H,24,25)/b10-5-,13-7?,17-14-. The minimum Gasteiger partial charge on any atom is -0.402 e. The summed E-state index contributed by atoms with van der Waals surface area (Å²) in [6.45, 7) is 5.57. The molecule has 0 bridgehead atoms. The van der Waals surface area contributed by atoms with Crippen molar-refractivity contribution in [2.75, 3.05) is 0 Å². The fraction of sp³-hybridized carbons (Fsp3) is 0.316. The van der Waals surface area contributed by atoms with Gasteiger partial charge in [-0.2, -0.15) is 13.2 Å². The third-order valence-electron chi connectivity index (χ3n) is 3.58. The van der Waals surface area contributed by atoms with Gasteiger partial charge in [0.25, 0.3) is 5.91 Å². The molecule has 0 spiro atoms. The Bertz CT molecular complexity index is 697. The highest BCUT2D eigenvalue weighted by Crippen LogP contribution is 2.29. The summed E-state index contributed by atoms with van der Waals surface area (Å²) in [6.07, 6.45) is 1.69. The van der Waals surface area contributed by atoms with E-state index in [4.69, 9.17) is 5.73 Å². The van der Waals surface area contributed by atoms with Gasteiger partial charge in [-0.1, -0.05) is 36.8 Å². The van der Waals surface area contributed by atoms with Crippen LogP contribution in [-0.4, -0.2) is 5.91 Å². The van der Waals surface area contributed by atoms with Crippen LogP contribution in [0.2, 0.25) is 0 Å². The van der Waals surface area contributed by atoms with Crippen molar-refractivity contribution in [1.82, 2.24) is 5.32 Å². The highest BCUT2D eigenvalue weighted by molar-refractivity contribution is 5.96. The van der Waals surface area contributed by atoms with Crippen LogP contribution in [0.15, 0.2) is 59.3 Å². The normalized spacial score (nSPS) is 13.8. The first-order valence-electron chi connectivity index (χ1n) is 7.89. The van der Waals surface area contributed by atoms with Gasteiger partial charge < -0.3 is 11.1 Å². The maximum atomic E-state index is 12.7. The minimum atomic E-state index is -4.41. The quantitative estimate of drug-likeness (QED) is 0.586. The van der Waals surface area contributed by atoms with Crippen molar-refractivity contribution in [1.29, 1.82) is 0 Å². The molecule has 0 saturated carbocycles. The molecule has 1 aromatic rings. The van der Waals surface area contributed by atoms with E-state index in [0.29, 0.717) is 11.3 Å². The summed E-state index contributed by atoms with van der Waals surface area (Å²) in [7, 11) is 0. The Balaban J connectivity index is 2.82. The SMILES string of the molecule is CCC(C)=C/C=C\C(C(=O)NCc1cccc(C(F)(F)F)c1)=C(/C)N. The summed E-state index contributed by atoms with van der Waals surface area (Å²) in [4.78, 5) is 12.2. The Hall–Kier alpha value is -2.50. The number of benzene rings is 1. The van der Waals surface area contributed by atoms with E-state index in [1.807, 2.05) is 19.9 Å². The van der Waals surface area contributed by atoms with Gasteiger partial charge in [0.2, 0.25) is 0 Å². The Kier molecular flexibility index (Phi) is 7.48. The van der Waals surface area contributed by atoms with Crippen molar-refractivity contribution in [3.8, 4) is 0 Å². The zero-order valence-electron chi connectivity index (χ0n) is 14.6. The van der Waals surface area contributed by atoms with Crippen molar-refractivity contribution in [2.45, 2.75) is 39.9 Å². The van der Waals surface area contributed by atoms with Crippen LogP contribution in [0.25, 0.3) is 0 Å². The molecule has 0 heterocycles. The predicted octanol–water partition coefficient (Wildman–Crippen LogP) is 4.47. The molecule has 0 radical (unpaired) electrons. The second-order valence-corrected chi connectivity index (χ2v) is 5.70. The Morgan fingerprint density at radius 1 is 1.28 bits per heavy atom. The molecule has 1 rings (SSSR count). The maximum absolute atomic E-state index is 12.7. The third-order valence-corrected chi connectivity index (χ3v) is 3.58. The van der Waals surface area contributed by atoms with Gasteiger partial charge in [-0.15, -0.1) is 0 Å². The van der Waals surface area contributed by atoms with E-state index in [9.17, 15) is 18.0 Å². The van der Waals surface area contributed by atoms with E-state index < -0.39 is 17.6 Å². The van der Waals surface area contributed by atoms with Gasteiger partial charge in [0.05, 0.1) is 11.1 Å². The number of halogens is 3. The molecule has 3 nitrogen and oxygen atoms in total. The molecule has 1 aromatic carbocycles. The summed E-state index contributed by atoms with van der Waals surface area (Å²) >= 11 is 0. The summed E-state index contributed by atoms with van der Waals surface area (Å²) in [5.41, 5.74) is 7.12. The van der Waals surface area contributed by atoms with Crippen LogP contribution in [0.5, 0.6) is 0 Å². The van der Waals surface area contributed by atoms with Crippen LogP contribution in [0, 0.1) is 0 Å². The average Bonchev–Trinajstić information content (AvgIpc) is 2.55. The van der Waals surface area contributed by atoms with E-state index in [1.165, 1.54) is 12.1 Å². The van der Waals surface area contributed by atoms with Crippen LogP contribution < -0.4 is 11.1 Å². The first kappa shape index (κ1) is 20.5. The lowest BCUT2D eigenvalue weighted by atomic mass is 10.1. The van der Waals surface area contributed by atoms with Crippen LogP contribution in [-0.2, 0) is 17.5 Å². The lowest BCUT2D eigenvalue weighted by molar-refractivity contribution is -0.137. The number of allylic oxidation sites excluding steroid dienone is 4. The lowest BCUT2D eigenvalue weighted by Gasteiger charge is -2.10. The number of rotatable bonds is 6. The van der Waals surface area contributed by atoms with Gasteiger partial charge in [-0.3, -0.25) is 4.79 Å². The topological polar surface area (TPSA) is 55.1 Å². The molecule has 0 saturated heterocycles. The van der Waals surface area contributed by atoms with E-state index >= 15 is 0 Å². The Labute approximate surface area is 146 Å². The average molecular weight is 352 g/mol. The van der Waals surface area contributed by atoms with E-state index in [1.54, 1.807) is 19.1 Å². The minimum absolute atomic E-state index is 0.0167. The largest absolute Gasteiger partial charge is 0.416 e. The van der Waals surface area contributed by atoms with Crippen molar-refractivity contribution in [3.05, 3.63) is 70.5 Å². The monoisotopic (exact) mass is 352 g/mol. The van der Waals surface area contributed by atoms with Gasteiger partial charge in [-0.05, 0) is 44.0 Å². The maximum Gasteiger partial charge on any atom is 0.416 e.